The third-order valence-electron chi connectivity index (χ3n) is 4.28. The van der Waals surface area contributed by atoms with E-state index in [1.165, 1.54) is 12.1 Å². The standard InChI is InChI=1S/C21H19FN4OS2/c1-14(27-18-10-8-16(22)9-11-18)19-24-25-21(26(19)2)29-13-17-12-28-20(23-17)15-6-4-3-5-7-15/h3-12,14H,13H2,1-2H3. The zero-order chi connectivity index (χ0) is 20.2. The van der Waals surface area contributed by atoms with Crippen LogP contribution in [0.1, 0.15) is 24.5 Å². The van der Waals surface area contributed by atoms with Gasteiger partial charge in [-0.2, -0.15) is 0 Å². The summed E-state index contributed by atoms with van der Waals surface area (Å²) < 4.78 is 20.8. The van der Waals surface area contributed by atoms with Crippen molar-refractivity contribution in [3.05, 3.63) is 77.3 Å². The third-order valence-corrected chi connectivity index (χ3v) is 6.27. The molecule has 0 N–H and O–H groups in total. The lowest BCUT2D eigenvalue weighted by Crippen LogP contribution is -2.10. The number of halogens is 1. The molecule has 0 bridgehead atoms. The van der Waals surface area contributed by atoms with E-state index in [9.17, 15) is 4.39 Å². The van der Waals surface area contributed by atoms with Gasteiger partial charge in [0.05, 0.1) is 5.69 Å². The molecule has 1 atom stereocenters. The molecule has 148 valence electrons. The minimum atomic E-state index is -0.309. The third kappa shape index (κ3) is 4.65. The van der Waals surface area contributed by atoms with E-state index in [0.717, 1.165) is 21.4 Å². The minimum absolute atomic E-state index is 0.292. The van der Waals surface area contributed by atoms with Crippen molar-refractivity contribution in [2.24, 2.45) is 7.05 Å². The summed E-state index contributed by atoms with van der Waals surface area (Å²) in [7, 11) is 1.92. The van der Waals surface area contributed by atoms with E-state index in [0.29, 0.717) is 17.3 Å². The molecule has 0 aliphatic carbocycles. The molecule has 0 saturated heterocycles. The van der Waals surface area contributed by atoms with Crippen molar-refractivity contribution in [2.45, 2.75) is 23.9 Å². The maximum absolute atomic E-state index is 13.0. The average molecular weight is 427 g/mol. The fourth-order valence-corrected chi connectivity index (χ4v) is 4.54. The molecule has 2 aromatic heterocycles. The quantitative estimate of drug-likeness (QED) is 0.365. The number of hydrogen-bond donors (Lipinski definition) is 0. The lowest BCUT2D eigenvalue weighted by atomic mass is 10.2. The minimum Gasteiger partial charge on any atom is -0.483 e. The Labute approximate surface area is 176 Å². The number of aromatic nitrogens is 4. The first kappa shape index (κ1) is 19.6. The molecule has 29 heavy (non-hydrogen) atoms. The molecule has 4 aromatic rings. The second-order valence-electron chi connectivity index (χ2n) is 6.41. The molecule has 5 nitrogen and oxygen atoms in total. The SMILES string of the molecule is CC(Oc1ccc(F)cc1)c1nnc(SCc2csc(-c3ccccc3)n2)n1C. The zero-order valence-corrected chi connectivity index (χ0v) is 17.6. The van der Waals surface area contributed by atoms with Crippen molar-refractivity contribution in [3.8, 4) is 16.3 Å². The predicted octanol–water partition coefficient (Wildman–Crippen LogP) is 5.51. The van der Waals surface area contributed by atoms with Crippen LogP contribution in [0.25, 0.3) is 10.6 Å². The summed E-state index contributed by atoms with van der Waals surface area (Å²) >= 11 is 3.22. The molecule has 1 unspecified atom stereocenters. The highest BCUT2D eigenvalue weighted by atomic mass is 32.2. The van der Waals surface area contributed by atoms with Gasteiger partial charge in [0.15, 0.2) is 17.1 Å². The molecule has 0 fully saturated rings. The van der Waals surface area contributed by atoms with Crippen molar-refractivity contribution >= 4 is 23.1 Å². The van der Waals surface area contributed by atoms with Crippen molar-refractivity contribution in [1.82, 2.24) is 19.7 Å². The molecule has 0 aliphatic rings. The summed E-state index contributed by atoms with van der Waals surface area (Å²) in [6.45, 7) is 1.90. The Morgan fingerprint density at radius 1 is 1.10 bits per heavy atom. The smallest absolute Gasteiger partial charge is 0.191 e. The fraction of sp³-hybridized carbons (Fsp3) is 0.190. The Hall–Kier alpha value is -2.71. The first-order valence-corrected chi connectivity index (χ1v) is 10.9. The summed E-state index contributed by atoms with van der Waals surface area (Å²) in [5.41, 5.74) is 2.14. The topological polar surface area (TPSA) is 52.8 Å². The van der Waals surface area contributed by atoms with Gasteiger partial charge in [0.1, 0.15) is 16.6 Å². The molecule has 0 spiro atoms. The number of rotatable bonds is 7. The lowest BCUT2D eigenvalue weighted by Gasteiger charge is -2.14. The molecular formula is C21H19FN4OS2. The van der Waals surface area contributed by atoms with E-state index >= 15 is 0 Å². The van der Waals surface area contributed by atoms with E-state index in [2.05, 4.69) is 27.7 Å². The highest BCUT2D eigenvalue weighted by Crippen LogP contribution is 2.28. The van der Waals surface area contributed by atoms with Gasteiger partial charge in [-0.25, -0.2) is 9.37 Å². The van der Waals surface area contributed by atoms with Gasteiger partial charge in [-0.3, -0.25) is 0 Å². The second-order valence-corrected chi connectivity index (χ2v) is 8.21. The van der Waals surface area contributed by atoms with E-state index in [-0.39, 0.29) is 11.9 Å². The number of thiazole rings is 1. The first-order valence-electron chi connectivity index (χ1n) is 9.04. The van der Waals surface area contributed by atoms with Crippen LogP contribution in [-0.4, -0.2) is 19.7 Å². The van der Waals surface area contributed by atoms with Gasteiger partial charge in [-0.15, -0.1) is 21.5 Å². The van der Waals surface area contributed by atoms with Crippen molar-refractivity contribution < 1.29 is 9.13 Å². The number of ether oxygens (including phenoxy) is 1. The van der Waals surface area contributed by atoms with Gasteiger partial charge >= 0.3 is 0 Å². The zero-order valence-electron chi connectivity index (χ0n) is 15.9. The lowest BCUT2D eigenvalue weighted by molar-refractivity contribution is 0.211. The van der Waals surface area contributed by atoms with Gasteiger partial charge in [-0.05, 0) is 31.2 Å². The van der Waals surface area contributed by atoms with Crippen LogP contribution in [0.15, 0.2) is 65.1 Å². The summed E-state index contributed by atoms with van der Waals surface area (Å²) in [5, 5.41) is 12.4. The second kappa shape index (κ2) is 8.75. The van der Waals surface area contributed by atoms with E-state index in [1.54, 1.807) is 35.2 Å². The number of nitrogens with zero attached hydrogens (tertiary/aromatic N) is 4. The highest BCUT2D eigenvalue weighted by Gasteiger charge is 2.18. The van der Waals surface area contributed by atoms with E-state index < -0.39 is 0 Å². The summed E-state index contributed by atoms with van der Waals surface area (Å²) in [5.74, 6) is 1.72. The molecule has 2 heterocycles. The number of benzene rings is 2. The average Bonchev–Trinajstić information content (AvgIpc) is 3.35. The van der Waals surface area contributed by atoms with Gasteiger partial charge in [-0.1, -0.05) is 42.1 Å². The molecule has 4 rings (SSSR count). The van der Waals surface area contributed by atoms with Gasteiger partial charge < -0.3 is 9.30 Å². The summed E-state index contributed by atoms with van der Waals surface area (Å²) in [6, 6.07) is 16.1. The Balaban J connectivity index is 1.40. The van der Waals surface area contributed by atoms with Crippen molar-refractivity contribution in [3.63, 3.8) is 0 Å². The van der Waals surface area contributed by atoms with Crippen LogP contribution < -0.4 is 4.74 Å². The molecule has 8 heteroatoms. The van der Waals surface area contributed by atoms with Crippen LogP contribution >= 0.6 is 23.1 Å². The Kier molecular flexibility index (Phi) is 5.92. The van der Waals surface area contributed by atoms with Crippen LogP contribution in [-0.2, 0) is 12.8 Å². The molecular weight excluding hydrogens is 407 g/mol. The Bertz CT molecular complexity index is 1080. The summed E-state index contributed by atoms with van der Waals surface area (Å²) in [4.78, 5) is 4.71. The van der Waals surface area contributed by atoms with Crippen LogP contribution in [0.2, 0.25) is 0 Å². The van der Waals surface area contributed by atoms with Crippen molar-refractivity contribution in [1.29, 1.82) is 0 Å². The molecule has 2 aromatic carbocycles. The number of thioether (sulfide) groups is 1. The largest absolute Gasteiger partial charge is 0.483 e. The van der Waals surface area contributed by atoms with Gasteiger partial charge in [0.2, 0.25) is 0 Å². The van der Waals surface area contributed by atoms with Crippen LogP contribution in [0.5, 0.6) is 5.75 Å². The predicted molar refractivity (Wildman–Crippen MR) is 114 cm³/mol. The van der Waals surface area contributed by atoms with Crippen LogP contribution in [0.4, 0.5) is 4.39 Å². The normalized spacial score (nSPS) is 12.1. The molecule has 0 aliphatic heterocycles. The van der Waals surface area contributed by atoms with E-state index in [4.69, 9.17) is 9.72 Å². The fourth-order valence-electron chi connectivity index (χ4n) is 2.80. The van der Waals surface area contributed by atoms with Gasteiger partial charge in [0.25, 0.3) is 0 Å². The molecule has 0 amide bonds. The van der Waals surface area contributed by atoms with E-state index in [1.807, 2.05) is 36.7 Å². The Morgan fingerprint density at radius 2 is 1.86 bits per heavy atom. The number of hydrogen-bond acceptors (Lipinski definition) is 6. The van der Waals surface area contributed by atoms with Crippen LogP contribution in [0, 0.1) is 5.82 Å². The van der Waals surface area contributed by atoms with Gasteiger partial charge in [0, 0.05) is 23.7 Å². The molecule has 0 radical (unpaired) electrons. The highest BCUT2D eigenvalue weighted by molar-refractivity contribution is 7.98. The molecule has 0 saturated carbocycles. The maximum atomic E-state index is 13.0. The Morgan fingerprint density at radius 3 is 2.62 bits per heavy atom. The van der Waals surface area contributed by atoms with Crippen LogP contribution in [0.3, 0.4) is 0 Å². The monoisotopic (exact) mass is 426 g/mol. The first-order chi connectivity index (χ1) is 14.1. The maximum Gasteiger partial charge on any atom is 0.191 e. The van der Waals surface area contributed by atoms with Crippen molar-refractivity contribution in [2.75, 3.05) is 0 Å². The summed E-state index contributed by atoms with van der Waals surface area (Å²) in [6.07, 6.45) is -0.309.